The summed E-state index contributed by atoms with van der Waals surface area (Å²) in [6.07, 6.45) is 14.8. The second-order valence-electron chi connectivity index (χ2n) is 12.1. The Labute approximate surface area is 169 Å². The van der Waals surface area contributed by atoms with Gasteiger partial charge in [-0.3, -0.25) is 0 Å². The van der Waals surface area contributed by atoms with Crippen LogP contribution in [0.5, 0.6) is 0 Å². The first-order chi connectivity index (χ1) is 12.6. The Kier molecular flexibility index (Phi) is 5.39. The molecule has 0 aliphatic heterocycles. The van der Waals surface area contributed by atoms with Gasteiger partial charge in [0, 0.05) is 6.42 Å². The normalized spacial score (nSPS) is 48.4. The molecule has 8 atom stereocenters. The predicted octanol–water partition coefficient (Wildman–Crippen LogP) is 6.60. The van der Waals surface area contributed by atoms with Crippen LogP contribution < -0.4 is 0 Å². The van der Waals surface area contributed by atoms with Crippen molar-refractivity contribution in [1.82, 2.24) is 0 Å². The highest BCUT2D eigenvalue weighted by atomic mass is 28.4. The fourth-order valence-electron chi connectivity index (χ4n) is 8.49. The zero-order chi connectivity index (χ0) is 19.4. The Balaban J connectivity index is 1.48. The first-order valence-corrected chi connectivity index (χ1v) is 15.4. The van der Waals surface area contributed by atoms with Gasteiger partial charge in [-0.15, -0.1) is 0 Å². The molecule has 0 aromatic heterocycles. The highest BCUT2D eigenvalue weighted by molar-refractivity contribution is 6.69. The van der Waals surface area contributed by atoms with Crippen LogP contribution in [-0.4, -0.2) is 19.7 Å². The van der Waals surface area contributed by atoms with E-state index in [4.69, 9.17) is 4.43 Å². The average Bonchev–Trinajstić information content (AvgIpc) is 2.89. The molecule has 0 spiro atoms. The molecule has 1 N–H and O–H groups in total. The molecule has 4 fully saturated rings. The van der Waals surface area contributed by atoms with E-state index in [1.807, 2.05) is 0 Å². The van der Waals surface area contributed by atoms with E-state index in [2.05, 4.69) is 33.5 Å². The van der Waals surface area contributed by atoms with Gasteiger partial charge in [0.05, 0.1) is 0 Å². The fraction of sp³-hybridized carbons (Fsp3) is 1.00. The maximum absolute atomic E-state index is 10.6. The number of hydrogen-bond donors (Lipinski definition) is 1. The maximum atomic E-state index is 10.6. The van der Waals surface area contributed by atoms with E-state index in [1.165, 1.54) is 64.2 Å². The van der Waals surface area contributed by atoms with Gasteiger partial charge in [-0.1, -0.05) is 26.7 Å². The van der Waals surface area contributed by atoms with E-state index in [0.29, 0.717) is 16.7 Å². The van der Waals surface area contributed by atoms with Gasteiger partial charge >= 0.3 is 0 Å². The summed E-state index contributed by atoms with van der Waals surface area (Å²) in [5.74, 6) is 4.52. The second kappa shape index (κ2) is 7.13. The van der Waals surface area contributed by atoms with Crippen LogP contribution in [0.2, 0.25) is 19.6 Å². The van der Waals surface area contributed by atoms with Crippen molar-refractivity contribution in [2.24, 2.45) is 40.4 Å². The fourth-order valence-corrected chi connectivity index (χ4v) is 9.40. The molecule has 0 aromatic carbocycles. The van der Waals surface area contributed by atoms with Crippen molar-refractivity contribution in [2.45, 2.75) is 110 Å². The van der Waals surface area contributed by atoms with Crippen LogP contribution in [0, 0.1) is 40.4 Å². The third-order valence-electron chi connectivity index (χ3n) is 9.76. The second-order valence-corrected chi connectivity index (χ2v) is 16.6. The Bertz CT molecular complexity index is 543. The van der Waals surface area contributed by atoms with Crippen LogP contribution in [-0.2, 0) is 4.43 Å². The Hall–Kier alpha value is 0.137. The summed E-state index contributed by atoms with van der Waals surface area (Å²) in [6.45, 7) is 11.8. The monoisotopic (exact) mass is 392 g/mol. The van der Waals surface area contributed by atoms with Gasteiger partial charge in [-0.2, -0.15) is 0 Å². The minimum absolute atomic E-state index is 0.447. The molecule has 0 saturated heterocycles. The van der Waals surface area contributed by atoms with Crippen molar-refractivity contribution >= 4 is 8.32 Å². The summed E-state index contributed by atoms with van der Waals surface area (Å²) >= 11 is 0. The average molecular weight is 393 g/mol. The van der Waals surface area contributed by atoms with E-state index in [1.54, 1.807) is 0 Å². The highest BCUT2D eigenvalue weighted by Gasteiger charge is 2.59. The van der Waals surface area contributed by atoms with Crippen molar-refractivity contribution in [3.05, 3.63) is 0 Å². The lowest BCUT2D eigenvalue weighted by Crippen LogP contribution is -2.52. The molecule has 0 heterocycles. The third-order valence-corrected chi connectivity index (χ3v) is 10.7. The molecule has 0 radical (unpaired) electrons. The molecule has 27 heavy (non-hydrogen) atoms. The third kappa shape index (κ3) is 3.59. The summed E-state index contributed by atoms with van der Waals surface area (Å²) in [5, 5.41) is 10.6. The minimum atomic E-state index is -1.67. The van der Waals surface area contributed by atoms with Crippen molar-refractivity contribution in [3.63, 3.8) is 0 Å². The molecule has 2 unspecified atom stereocenters. The summed E-state index contributed by atoms with van der Waals surface area (Å²) in [4.78, 5) is 0. The molecular formula is C24H44O2Si. The zero-order valence-corrected chi connectivity index (χ0v) is 19.6. The van der Waals surface area contributed by atoms with Gasteiger partial charge in [0.1, 0.15) is 6.29 Å². The molecular weight excluding hydrogens is 348 g/mol. The maximum Gasteiger partial charge on any atom is 0.187 e. The van der Waals surface area contributed by atoms with Gasteiger partial charge in [0.2, 0.25) is 0 Å². The quantitative estimate of drug-likeness (QED) is 0.431. The lowest BCUT2D eigenvalue weighted by molar-refractivity contribution is -0.119. The largest absolute Gasteiger partial charge is 0.393 e. The zero-order valence-electron chi connectivity index (χ0n) is 18.6. The van der Waals surface area contributed by atoms with Crippen molar-refractivity contribution in [2.75, 3.05) is 0 Å². The molecule has 0 bridgehead atoms. The smallest absolute Gasteiger partial charge is 0.187 e. The summed E-state index contributed by atoms with van der Waals surface area (Å²) in [6, 6.07) is 0. The lowest BCUT2D eigenvalue weighted by atomic mass is 9.45. The summed E-state index contributed by atoms with van der Waals surface area (Å²) in [5.41, 5.74) is 1.09. The first-order valence-electron chi connectivity index (χ1n) is 12.0. The van der Waals surface area contributed by atoms with Gasteiger partial charge in [0.15, 0.2) is 8.32 Å². The molecule has 4 rings (SSSR count). The molecule has 0 aromatic rings. The van der Waals surface area contributed by atoms with Crippen LogP contribution in [0.25, 0.3) is 0 Å². The molecule has 3 heteroatoms. The molecule has 4 saturated carbocycles. The number of rotatable bonds is 4. The van der Waals surface area contributed by atoms with Crippen LogP contribution in [0.4, 0.5) is 0 Å². The first kappa shape index (κ1) is 20.4. The van der Waals surface area contributed by atoms with Gasteiger partial charge in [-0.05, 0) is 111 Å². The minimum Gasteiger partial charge on any atom is -0.393 e. The van der Waals surface area contributed by atoms with E-state index in [9.17, 15) is 5.11 Å². The standard InChI is InChI=1S/C24H44O2Si/c1-23-14-7-6-8-17(23)9-11-19-20-12-10-18(16-22(25)26-27(3,4)5)24(20,2)15-13-21(19)23/h17-22,25H,6-16H2,1-5H3/t17?,18-,19+,20+,21+,22?,23+,24-/m1/s1. The number of aliphatic hydroxyl groups excluding tert-OH is 1. The van der Waals surface area contributed by atoms with Crippen LogP contribution >= 0.6 is 0 Å². The van der Waals surface area contributed by atoms with Crippen LogP contribution in [0.3, 0.4) is 0 Å². The van der Waals surface area contributed by atoms with E-state index in [0.717, 1.165) is 30.1 Å². The van der Waals surface area contributed by atoms with Gasteiger partial charge < -0.3 is 9.53 Å². The lowest BCUT2D eigenvalue weighted by Gasteiger charge is -2.60. The van der Waals surface area contributed by atoms with Crippen molar-refractivity contribution < 1.29 is 9.53 Å². The Morgan fingerprint density at radius 1 is 0.889 bits per heavy atom. The van der Waals surface area contributed by atoms with E-state index < -0.39 is 14.6 Å². The van der Waals surface area contributed by atoms with Gasteiger partial charge in [0.25, 0.3) is 0 Å². The highest BCUT2D eigenvalue weighted by Crippen LogP contribution is 2.67. The number of hydrogen-bond acceptors (Lipinski definition) is 2. The molecule has 2 nitrogen and oxygen atoms in total. The predicted molar refractivity (Wildman–Crippen MR) is 115 cm³/mol. The number of aliphatic hydroxyl groups is 1. The molecule has 4 aliphatic rings. The Morgan fingerprint density at radius 2 is 1.63 bits per heavy atom. The van der Waals surface area contributed by atoms with Crippen molar-refractivity contribution in [3.8, 4) is 0 Å². The topological polar surface area (TPSA) is 29.5 Å². The molecule has 0 amide bonds. The Morgan fingerprint density at radius 3 is 2.37 bits per heavy atom. The van der Waals surface area contributed by atoms with E-state index in [-0.39, 0.29) is 0 Å². The SMILES string of the molecule is C[C@]12CC[C@H]3[C@@H](CCC4CCCC[C@@]43C)[C@@H]1CC[C@@H]2CC(O)O[Si](C)(C)C. The van der Waals surface area contributed by atoms with E-state index >= 15 is 0 Å². The van der Waals surface area contributed by atoms with Crippen LogP contribution in [0.1, 0.15) is 84.5 Å². The molecule has 4 aliphatic carbocycles. The van der Waals surface area contributed by atoms with Gasteiger partial charge in [-0.25, -0.2) is 0 Å². The molecule has 156 valence electrons. The van der Waals surface area contributed by atoms with Crippen LogP contribution in [0.15, 0.2) is 0 Å². The van der Waals surface area contributed by atoms with Crippen molar-refractivity contribution in [1.29, 1.82) is 0 Å². The summed E-state index contributed by atoms with van der Waals surface area (Å²) < 4.78 is 6.01. The summed E-state index contributed by atoms with van der Waals surface area (Å²) in [7, 11) is -1.67. The number of fused-ring (bicyclic) bond motifs is 5.